The summed E-state index contributed by atoms with van der Waals surface area (Å²) in [4.78, 5) is 22.2. The van der Waals surface area contributed by atoms with Gasteiger partial charge >= 0.3 is 5.97 Å². The van der Waals surface area contributed by atoms with Gasteiger partial charge in [-0.2, -0.15) is 0 Å². The van der Waals surface area contributed by atoms with Gasteiger partial charge < -0.3 is 10.1 Å². The summed E-state index contributed by atoms with van der Waals surface area (Å²) in [6, 6.07) is 9.07. The SMILES string of the molecule is O=C(CCl)O[C@@H]1C(=O)N[C@@H]1c1ccccc1. The Balaban J connectivity index is 2.07. The van der Waals surface area contributed by atoms with Gasteiger partial charge in [0.1, 0.15) is 11.9 Å². The highest BCUT2D eigenvalue weighted by Gasteiger charge is 2.43. The van der Waals surface area contributed by atoms with Crippen molar-refractivity contribution in [3.63, 3.8) is 0 Å². The van der Waals surface area contributed by atoms with Crippen molar-refractivity contribution < 1.29 is 14.3 Å². The van der Waals surface area contributed by atoms with E-state index in [0.29, 0.717) is 0 Å². The van der Waals surface area contributed by atoms with Gasteiger partial charge in [-0.1, -0.05) is 30.3 Å². The quantitative estimate of drug-likeness (QED) is 0.487. The summed E-state index contributed by atoms with van der Waals surface area (Å²) in [6.07, 6.45) is -0.756. The number of nitrogens with one attached hydrogen (secondary N) is 1. The standard InChI is InChI=1S/C11H10ClNO3/c12-6-8(14)16-10-9(13-11(10)15)7-4-2-1-3-5-7/h1-5,9-10H,6H2,(H,13,15)/t9-,10+/m1/s1. The molecule has 0 aromatic heterocycles. The minimum absolute atomic E-state index is 0.245. The lowest BCUT2D eigenvalue weighted by atomic mass is 9.94. The lowest BCUT2D eigenvalue weighted by Gasteiger charge is -2.35. The normalized spacial score (nSPS) is 23.2. The number of hydrogen-bond donors (Lipinski definition) is 1. The second kappa shape index (κ2) is 4.53. The summed E-state index contributed by atoms with van der Waals surface area (Å²) in [6.45, 7) is 0. The summed E-state index contributed by atoms with van der Waals surface area (Å²) in [5, 5.41) is 2.68. The zero-order valence-corrected chi connectivity index (χ0v) is 9.11. The van der Waals surface area contributed by atoms with Crippen LogP contribution in [-0.2, 0) is 14.3 Å². The van der Waals surface area contributed by atoms with E-state index in [2.05, 4.69) is 5.32 Å². The van der Waals surface area contributed by atoms with Crippen molar-refractivity contribution in [2.24, 2.45) is 0 Å². The molecule has 1 aromatic rings. The summed E-state index contributed by atoms with van der Waals surface area (Å²) in [7, 11) is 0. The van der Waals surface area contributed by atoms with Gasteiger partial charge in [-0.3, -0.25) is 9.59 Å². The van der Waals surface area contributed by atoms with E-state index in [4.69, 9.17) is 16.3 Å². The van der Waals surface area contributed by atoms with Crippen LogP contribution in [0.5, 0.6) is 0 Å². The van der Waals surface area contributed by atoms with Crippen LogP contribution in [0.1, 0.15) is 11.6 Å². The third-order valence-corrected chi connectivity index (χ3v) is 2.60. The lowest BCUT2D eigenvalue weighted by Crippen LogP contribution is -2.57. The number of halogens is 1. The van der Waals surface area contributed by atoms with Gasteiger partial charge in [0.05, 0.1) is 0 Å². The second-order valence-electron chi connectivity index (χ2n) is 3.44. The van der Waals surface area contributed by atoms with E-state index in [1.54, 1.807) is 0 Å². The van der Waals surface area contributed by atoms with Gasteiger partial charge in [-0.05, 0) is 5.56 Å². The Bertz CT molecular complexity index is 407. The fourth-order valence-corrected chi connectivity index (χ4v) is 1.64. The number of alkyl halides is 1. The van der Waals surface area contributed by atoms with Crippen LogP contribution in [0.4, 0.5) is 0 Å². The van der Waals surface area contributed by atoms with Crippen molar-refractivity contribution in [2.45, 2.75) is 12.1 Å². The third kappa shape index (κ3) is 2.02. The minimum atomic E-state index is -0.756. The monoisotopic (exact) mass is 239 g/mol. The van der Waals surface area contributed by atoms with Gasteiger partial charge in [-0.15, -0.1) is 11.6 Å². The van der Waals surface area contributed by atoms with E-state index >= 15 is 0 Å². The van der Waals surface area contributed by atoms with Crippen LogP contribution in [0.25, 0.3) is 0 Å². The molecule has 2 atom stereocenters. The highest BCUT2D eigenvalue weighted by molar-refractivity contribution is 6.26. The van der Waals surface area contributed by atoms with Crippen LogP contribution in [0.2, 0.25) is 0 Å². The number of esters is 1. The number of hydrogen-bond acceptors (Lipinski definition) is 3. The molecule has 1 amide bonds. The fourth-order valence-electron chi connectivity index (χ4n) is 1.58. The first-order valence-corrected chi connectivity index (χ1v) is 5.36. The maximum Gasteiger partial charge on any atom is 0.321 e. The molecule has 0 saturated carbocycles. The van der Waals surface area contributed by atoms with Gasteiger partial charge in [0.15, 0.2) is 0 Å². The molecule has 1 saturated heterocycles. The summed E-state index contributed by atoms with van der Waals surface area (Å²) < 4.78 is 4.93. The highest BCUT2D eigenvalue weighted by atomic mass is 35.5. The zero-order valence-electron chi connectivity index (χ0n) is 8.35. The number of carbonyl (C=O) groups excluding carboxylic acids is 2. The molecule has 0 aliphatic carbocycles. The maximum absolute atomic E-state index is 11.2. The summed E-state index contributed by atoms with van der Waals surface area (Å²) in [5.74, 6) is -1.11. The Morgan fingerprint density at radius 2 is 2.06 bits per heavy atom. The number of carbonyl (C=O) groups is 2. The Morgan fingerprint density at radius 3 is 2.62 bits per heavy atom. The Hall–Kier alpha value is -1.55. The third-order valence-electron chi connectivity index (χ3n) is 2.39. The predicted molar refractivity (Wildman–Crippen MR) is 57.9 cm³/mol. The van der Waals surface area contributed by atoms with Crippen LogP contribution >= 0.6 is 11.6 Å². The molecule has 84 valence electrons. The topological polar surface area (TPSA) is 55.4 Å². The molecule has 1 aliphatic rings. The molecular formula is C11H10ClNO3. The molecule has 0 unspecified atom stereocenters. The van der Waals surface area contributed by atoms with E-state index in [1.165, 1.54) is 0 Å². The van der Waals surface area contributed by atoms with E-state index in [9.17, 15) is 9.59 Å². The molecule has 0 radical (unpaired) electrons. The minimum Gasteiger partial charge on any atom is -0.449 e. The van der Waals surface area contributed by atoms with E-state index < -0.39 is 12.1 Å². The van der Waals surface area contributed by atoms with Crippen molar-refractivity contribution in [1.82, 2.24) is 5.32 Å². The number of benzene rings is 1. The Morgan fingerprint density at radius 1 is 1.38 bits per heavy atom. The van der Waals surface area contributed by atoms with E-state index in [-0.39, 0.29) is 17.8 Å². The average molecular weight is 240 g/mol. The molecule has 0 bridgehead atoms. The van der Waals surface area contributed by atoms with E-state index in [1.807, 2.05) is 30.3 Å². The Kier molecular flexibility index (Phi) is 3.10. The van der Waals surface area contributed by atoms with Crippen LogP contribution in [0.15, 0.2) is 30.3 Å². The zero-order chi connectivity index (χ0) is 11.5. The number of rotatable bonds is 3. The predicted octanol–water partition coefficient (Wildman–Crippen LogP) is 1.01. The van der Waals surface area contributed by atoms with Gasteiger partial charge in [0, 0.05) is 0 Å². The summed E-state index contributed by atoms with van der Waals surface area (Å²) >= 11 is 5.31. The van der Waals surface area contributed by atoms with Gasteiger partial charge in [-0.25, -0.2) is 0 Å². The smallest absolute Gasteiger partial charge is 0.321 e. The maximum atomic E-state index is 11.2. The first kappa shape index (κ1) is 11.0. The van der Waals surface area contributed by atoms with Crippen LogP contribution < -0.4 is 5.32 Å². The van der Waals surface area contributed by atoms with Crippen molar-refractivity contribution in [2.75, 3.05) is 5.88 Å². The number of β-lactam (4-membered cyclic amide) rings is 1. The molecule has 1 fully saturated rings. The first-order chi connectivity index (χ1) is 7.72. The summed E-state index contributed by atoms with van der Waals surface area (Å²) in [5.41, 5.74) is 0.912. The number of amides is 1. The molecular weight excluding hydrogens is 230 g/mol. The molecule has 4 nitrogen and oxygen atoms in total. The van der Waals surface area contributed by atoms with Crippen molar-refractivity contribution in [3.05, 3.63) is 35.9 Å². The second-order valence-corrected chi connectivity index (χ2v) is 3.71. The fraction of sp³-hybridized carbons (Fsp3) is 0.273. The van der Waals surface area contributed by atoms with E-state index in [0.717, 1.165) is 5.56 Å². The molecule has 1 heterocycles. The molecule has 0 spiro atoms. The van der Waals surface area contributed by atoms with Crippen LogP contribution in [0, 0.1) is 0 Å². The average Bonchev–Trinajstić information content (AvgIpc) is 2.33. The van der Waals surface area contributed by atoms with Crippen LogP contribution in [-0.4, -0.2) is 23.9 Å². The van der Waals surface area contributed by atoms with Crippen molar-refractivity contribution in [3.8, 4) is 0 Å². The van der Waals surface area contributed by atoms with Gasteiger partial charge in [0.25, 0.3) is 5.91 Å². The molecule has 1 aromatic carbocycles. The first-order valence-electron chi connectivity index (χ1n) is 4.83. The molecule has 1 N–H and O–H groups in total. The molecule has 5 heteroatoms. The largest absolute Gasteiger partial charge is 0.449 e. The van der Waals surface area contributed by atoms with Crippen molar-refractivity contribution >= 4 is 23.5 Å². The molecule has 1 aliphatic heterocycles. The lowest BCUT2D eigenvalue weighted by molar-refractivity contribution is -0.164. The Labute approximate surface area is 97.5 Å². The number of ether oxygens (including phenoxy) is 1. The van der Waals surface area contributed by atoms with Gasteiger partial charge in [0.2, 0.25) is 6.10 Å². The van der Waals surface area contributed by atoms with Crippen molar-refractivity contribution in [1.29, 1.82) is 0 Å². The van der Waals surface area contributed by atoms with Crippen LogP contribution in [0.3, 0.4) is 0 Å². The highest BCUT2D eigenvalue weighted by Crippen LogP contribution is 2.26. The molecule has 16 heavy (non-hydrogen) atoms. The molecule has 2 rings (SSSR count).